The van der Waals surface area contributed by atoms with Crippen LogP contribution in [-0.4, -0.2) is 96.4 Å². The van der Waals surface area contributed by atoms with Gasteiger partial charge in [0.05, 0.1) is 26.3 Å². The molecule has 0 saturated carbocycles. The third kappa shape index (κ3) is 8.28. The second-order valence-electron chi connectivity index (χ2n) is 17.0. The first-order chi connectivity index (χ1) is 29.1. The molecular formula is C47H58N6O7. The van der Waals surface area contributed by atoms with Gasteiger partial charge in [-0.2, -0.15) is 0 Å². The first kappa shape index (κ1) is 41.2. The number of H-pyrrole nitrogens is 2. The number of aromatic amines is 2. The van der Waals surface area contributed by atoms with E-state index in [9.17, 15) is 19.2 Å². The van der Waals surface area contributed by atoms with Gasteiger partial charge in [-0.25, -0.2) is 9.59 Å². The number of carbonyl (C=O) groups is 4. The molecule has 4 amide bonds. The van der Waals surface area contributed by atoms with Crippen molar-refractivity contribution in [1.82, 2.24) is 30.4 Å². The number of methoxy groups -OCH3 is 2. The van der Waals surface area contributed by atoms with Crippen molar-refractivity contribution < 1.29 is 33.4 Å². The van der Waals surface area contributed by atoms with E-state index in [1.54, 1.807) is 0 Å². The lowest BCUT2D eigenvalue weighted by Crippen LogP contribution is -2.53. The van der Waals surface area contributed by atoms with Crippen molar-refractivity contribution in [2.75, 3.05) is 40.5 Å². The van der Waals surface area contributed by atoms with Crippen LogP contribution >= 0.6 is 0 Å². The van der Waals surface area contributed by atoms with E-state index in [2.05, 4.69) is 81.3 Å². The molecule has 4 atom stereocenters. The highest BCUT2D eigenvalue weighted by Gasteiger charge is 2.41. The maximum atomic E-state index is 14.0. The average molecular weight is 819 g/mol. The SMILES string of the molecule is COC(=O)NC(C(=O)N1CCCC1c1ccc(-c2ccc(-c3ccc(-c4[nH]c(C5CCCN5C(=O)[C@H](NC(=O)OC)C(C)C)c5c4CCC5)cc3)cc2)[nH]1)C1CCOCC1. The van der Waals surface area contributed by atoms with Crippen LogP contribution in [0.2, 0.25) is 0 Å². The Balaban J connectivity index is 0.957. The summed E-state index contributed by atoms with van der Waals surface area (Å²) >= 11 is 0. The van der Waals surface area contributed by atoms with Gasteiger partial charge >= 0.3 is 12.2 Å². The molecule has 5 heterocycles. The summed E-state index contributed by atoms with van der Waals surface area (Å²) in [5, 5.41) is 5.61. The van der Waals surface area contributed by atoms with Crippen LogP contribution in [0.5, 0.6) is 0 Å². The molecule has 4 aromatic rings. The Labute approximate surface area is 351 Å². The minimum Gasteiger partial charge on any atom is -0.453 e. The van der Waals surface area contributed by atoms with Gasteiger partial charge in [-0.3, -0.25) is 9.59 Å². The molecule has 60 heavy (non-hydrogen) atoms. The number of carbonyl (C=O) groups excluding carboxylic acids is 4. The molecule has 13 nitrogen and oxygen atoms in total. The van der Waals surface area contributed by atoms with E-state index in [4.69, 9.17) is 14.2 Å². The Morgan fingerprint density at radius 3 is 1.90 bits per heavy atom. The fourth-order valence-corrected chi connectivity index (χ4v) is 9.94. The number of hydrogen-bond donors (Lipinski definition) is 4. The first-order valence-electron chi connectivity index (χ1n) is 21.7. The summed E-state index contributed by atoms with van der Waals surface area (Å²) in [4.78, 5) is 63.6. The number of likely N-dealkylation sites (tertiary alicyclic amines) is 2. The average Bonchev–Trinajstić information content (AvgIpc) is 4.13. The minimum atomic E-state index is -0.652. The molecule has 1 aliphatic carbocycles. The van der Waals surface area contributed by atoms with E-state index >= 15 is 0 Å². The lowest BCUT2D eigenvalue weighted by atomic mass is 9.90. The highest BCUT2D eigenvalue weighted by molar-refractivity contribution is 5.87. The lowest BCUT2D eigenvalue weighted by Gasteiger charge is -2.34. The largest absolute Gasteiger partial charge is 0.453 e. The second-order valence-corrected chi connectivity index (χ2v) is 17.0. The number of benzene rings is 2. The van der Waals surface area contributed by atoms with Gasteiger partial charge in [-0.15, -0.1) is 0 Å². The van der Waals surface area contributed by atoms with Crippen molar-refractivity contribution in [3.63, 3.8) is 0 Å². The Hall–Kier alpha value is -5.56. The van der Waals surface area contributed by atoms with Crippen molar-refractivity contribution in [2.24, 2.45) is 11.8 Å². The number of rotatable bonds is 11. The van der Waals surface area contributed by atoms with Gasteiger partial charge in [-0.1, -0.05) is 62.4 Å². The second kappa shape index (κ2) is 18.0. The molecule has 2 aromatic heterocycles. The normalized spacial score (nSPS) is 20.2. The number of nitrogens with zero attached hydrogens (tertiary/aromatic N) is 2. The Kier molecular flexibility index (Phi) is 12.3. The molecule has 3 fully saturated rings. The molecule has 0 radical (unpaired) electrons. The molecule has 4 N–H and O–H groups in total. The van der Waals surface area contributed by atoms with Crippen molar-refractivity contribution in [3.8, 4) is 33.6 Å². The minimum absolute atomic E-state index is 0.00275. The van der Waals surface area contributed by atoms with Gasteiger partial charge < -0.3 is 44.6 Å². The number of aromatic nitrogens is 2. The number of amides is 4. The van der Waals surface area contributed by atoms with Crippen LogP contribution in [0.15, 0.2) is 60.7 Å². The monoisotopic (exact) mass is 818 g/mol. The molecule has 3 aliphatic heterocycles. The summed E-state index contributed by atoms with van der Waals surface area (Å²) in [6.45, 7) is 6.33. The highest BCUT2D eigenvalue weighted by atomic mass is 16.5. The van der Waals surface area contributed by atoms with Crippen LogP contribution < -0.4 is 10.6 Å². The molecular weight excluding hydrogens is 761 g/mol. The standard InChI is InChI=1S/C47H58N6O7/c1-28(2)40(50-46(56)58-3)44(54)53-25-7-11-39(53)43-35-9-5-8-34(35)41(49-43)32-18-14-30(15-19-32)29-12-16-31(17-13-29)36-20-21-37(48-36)38-10-6-24-52(38)45(55)42(51-47(57)59-4)33-22-26-60-27-23-33/h12-21,28,33,38-40,42,48-49H,5-11,22-27H2,1-4H3,(H,50,56)(H,51,57)/t38?,39?,40-,42?/m1/s1. The van der Waals surface area contributed by atoms with Crippen LogP contribution in [0.25, 0.3) is 33.6 Å². The topological polar surface area (TPSA) is 158 Å². The predicted molar refractivity (Wildman–Crippen MR) is 228 cm³/mol. The number of alkyl carbamates (subject to hydrolysis) is 2. The molecule has 13 heteroatoms. The summed E-state index contributed by atoms with van der Waals surface area (Å²) in [5.41, 5.74) is 11.3. The van der Waals surface area contributed by atoms with E-state index in [0.29, 0.717) is 39.1 Å². The maximum absolute atomic E-state index is 14.0. The van der Waals surface area contributed by atoms with Crippen molar-refractivity contribution in [1.29, 1.82) is 0 Å². The molecule has 3 saturated heterocycles. The molecule has 0 bridgehead atoms. The van der Waals surface area contributed by atoms with Gasteiger partial charge in [-0.05, 0) is 115 Å². The van der Waals surface area contributed by atoms with Crippen LogP contribution in [0.3, 0.4) is 0 Å². The van der Waals surface area contributed by atoms with E-state index in [1.807, 2.05) is 23.6 Å². The Bertz CT molecular complexity index is 2170. The fraction of sp³-hybridized carbons (Fsp3) is 0.489. The smallest absolute Gasteiger partial charge is 0.407 e. The summed E-state index contributed by atoms with van der Waals surface area (Å²) in [5.74, 6) is -0.213. The molecule has 0 spiro atoms. The first-order valence-corrected chi connectivity index (χ1v) is 21.7. The van der Waals surface area contributed by atoms with E-state index in [-0.39, 0.29) is 35.7 Å². The van der Waals surface area contributed by atoms with Crippen LogP contribution in [-0.2, 0) is 36.6 Å². The van der Waals surface area contributed by atoms with Crippen molar-refractivity contribution in [3.05, 3.63) is 83.2 Å². The maximum Gasteiger partial charge on any atom is 0.407 e. The number of hydrogen-bond acceptors (Lipinski definition) is 7. The third-order valence-corrected chi connectivity index (χ3v) is 13.1. The molecule has 8 rings (SSSR count). The van der Waals surface area contributed by atoms with Crippen molar-refractivity contribution in [2.45, 2.75) is 95.8 Å². The van der Waals surface area contributed by atoms with E-state index < -0.39 is 24.3 Å². The molecule has 2 aromatic carbocycles. The van der Waals surface area contributed by atoms with E-state index in [1.165, 1.54) is 25.3 Å². The van der Waals surface area contributed by atoms with E-state index in [0.717, 1.165) is 90.0 Å². The van der Waals surface area contributed by atoms with Gasteiger partial charge in [0.15, 0.2) is 0 Å². The Morgan fingerprint density at radius 2 is 1.25 bits per heavy atom. The summed E-state index contributed by atoms with van der Waals surface area (Å²) in [6, 6.07) is 19.9. The van der Waals surface area contributed by atoms with Crippen LogP contribution in [0.4, 0.5) is 9.59 Å². The summed E-state index contributed by atoms with van der Waals surface area (Å²) < 4.78 is 15.3. The fourth-order valence-electron chi connectivity index (χ4n) is 9.94. The zero-order valence-corrected chi connectivity index (χ0v) is 35.2. The number of nitrogens with one attached hydrogen (secondary N) is 4. The molecule has 4 aliphatic rings. The number of ether oxygens (including phenoxy) is 3. The zero-order chi connectivity index (χ0) is 41.9. The van der Waals surface area contributed by atoms with Gasteiger partial charge in [0.2, 0.25) is 11.8 Å². The van der Waals surface area contributed by atoms with Crippen LogP contribution in [0, 0.1) is 11.8 Å². The summed E-state index contributed by atoms with van der Waals surface area (Å²) in [7, 11) is 2.64. The quantitative estimate of drug-likeness (QED) is 0.121. The van der Waals surface area contributed by atoms with Crippen LogP contribution in [0.1, 0.15) is 93.4 Å². The third-order valence-electron chi connectivity index (χ3n) is 13.1. The van der Waals surface area contributed by atoms with Crippen molar-refractivity contribution >= 4 is 24.0 Å². The lowest BCUT2D eigenvalue weighted by molar-refractivity contribution is -0.137. The van der Waals surface area contributed by atoms with Gasteiger partial charge in [0, 0.05) is 49.1 Å². The number of fused-ring (bicyclic) bond motifs is 1. The molecule has 318 valence electrons. The molecule has 3 unspecified atom stereocenters. The zero-order valence-electron chi connectivity index (χ0n) is 35.2. The Morgan fingerprint density at radius 1 is 0.667 bits per heavy atom. The van der Waals surface area contributed by atoms with Gasteiger partial charge in [0.1, 0.15) is 12.1 Å². The summed E-state index contributed by atoms with van der Waals surface area (Å²) in [6.07, 6.45) is 6.85. The van der Waals surface area contributed by atoms with Gasteiger partial charge in [0.25, 0.3) is 0 Å². The highest BCUT2D eigenvalue weighted by Crippen LogP contribution is 2.43. The predicted octanol–water partition coefficient (Wildman–Crippen LogP) is 7.69.